The number of methoxy groups -OCH3 is 1. The van der Waals surface area contributed by atoms with Crippen LogP contribution in [-0.2, 0) is 19.0 Å². The van der Waals surface area contributed by atoms with Crippen molar-refractivity contribution in [1.29, 1.82) is 0 Å². The van der Waals surface area contributed by atoms with Crippen molar-refractivity contribution in [1.82, 2.24) is 10.2 Å². The van der Waals surface area contributed by atoms with Crippen LogP contribution in [0.2, 0.25) is 5.02 Å². The monoisotopic (exact) mass is 632 g/mol. The normalized spacial score (nSPS) is 18.9. The lowest BCUT2D eigenvalue weighted by Gasteiger charge is -2.46. The van der Waals surface area contributed by atoms with E-state index >= 15 is 0 Å². The lowest BCUT2D eigenvalue weighted by atomic mass is 9.74. The highest BCUT2D eigenvalue weighted by Crippen LogP contribution is 2.43. The number of amides is 2. The van der Waals surface area contributed by atoms with Gasteiger partial charge in [-0.3, -0.25) is 4.79 Å². The number of hydrogen-bond donors (Lipinski definition) is 1. The van der Waals surface area contributed by atoms with Gasteiger partial charge in [0.15, 0.2) is 11.5 Å². The Kier molecular flexibility index (Phi) is 12.9. The highest BCUT2D eigenvalue weighted by Gasteiger charge is 2.53. The minimum absolute atomic E-state index is 0.162. The van der Waals surface area contributed by atoms with Crippen LogP contribution in [0.1, 0.15) is 88.0 Å². The molecule has 10 nitrogen and oxygen atoms in total. The molecule has 1 N–H and O–H groups in total. The van der Waals surface area contributed by atoms with E-state index < -0.39 is 23.6 Å². The van der Waals surface area contributed by atoms with Gasteiger partial charge in [0.2, 0.25) is 0 Å². The van der Waals surface area contributed by atoms with Gasteiger partial charge in [-0.2, -0.15) is 0 Å². The molecule has 2 aromatic carbocycles. The van der Waals surface area contributed by atoms with Gasteiger partial charge >= 0.3 is 12.0 Å². The van der Waals surface area contributed by atoms with E-state index in [1.54, 1.807) is 17.9 Å². The lowest BCUT2D eigenvalue weighted by Crippen LogP contribution is -2.67. The van der Waals surface area contributed by atoms with Gasteiger partial charge in [-0.15, -0.1) is 0 Å². The number of halogens is 1. The third-order valence-electron chi connectivity index (χ3n) is 7.78. The number of nitrogens with zero attached hydrogens (tertiary/aromatic N) is 1. The molecule has 2 aromatic rings. The number of ketones is 1. The van der Waals surface area contributed by atoms with E-state index in [1.165, 1.54) is 14.0 Å². The summed E-state index contributed by atoms with van der Waals surface area (Å²) in [6.07, 6.45) is 0.195. The second-order valence-corrected chi connectivity index (χ2v) is 11.1. The summed E-state index contributed by atoms with van der Waals surface area (Å²) in [5.41, 5.74) is 0.537. The van der Waals surface area contributed by atoms with Gasteiger partial charge in [0, 0.05) is 31.6 Å². The highest BCUT2D eigenvalue weighted by molar-refractivity contribution is 6.33. The molecule has 44 heavy (non-hydrogen) atoms. The Labute approximate surface area is 265 Å². The van der Waals surface area contributed by atoms with Crippen LogP contribution < -0.4 is 14.8 Å². The molecule has 1 aliphatic carbocycles. The Morgan fingerprint density at radius 3 is 2.27 bits per heavy atom. The number of ether oxygens (including phenoxy) is 5. The molecule has 1 unspecified atom stereocenters. The number of carbonyl (C=O) groups is 3. The van der Waals surface area contributed by atoms with E-state index in [0.717, 1.165) is 5.56 Å². The Morgan fingerprint density at radius 2 is 1.70 bits per heavy atom. The number of urea groups is 1. The molecule has 1 fully saturated rings. The third kappa shape index (κ3) is 8.02. The van der Waals surface area contributed by atoms with Crippen LogP contribution in [0.3, 0.4) is 0 Å². The van der Waals surface area contributed by atoms with Crippen molar-refractivity contribution < 1.29 is 38.1 Å². The maximum Gasteiger partial charge on any atom is 0.331 e. The number of esters is 1. The first-order chi connectivity index (χ1) is 21.0. The van der Waals surface area contributed by atoms with Crippen molar-refractivity contribution in [2.45, 2.75) is 78.2 Å². The van der Waals surface area contributed by atoms with Crippen LogP contribution in [0.15, 0.2) is 36.4 Å². The summed E-state index contributed by atoms with van der Waals surface area (Å²) >= 11 is 6.90. The fourth-order valence-electron chi connectivity index (χ4n) is 5.47. The van der Waals surface area contributed by atoms with Gasteiger partial charge < -0.3 is 33.9 Å². The van der Waals surface area contributed by atoms with Crippen molar-refractivity contribution in [3.8, 4) is 11.5 Å². The second kappa shape index (κ2) is 16.1. The first-order valence-electron chi connectivity index (χ1n) is 15.1. The van der Waals surface area contributed by atoms with E-state index in [0.29, 0.717) is 37.4 Å². The van der Waals surface area contributed by atoms with E-state index in [-0.39, 0.29) is 54.1 Å². The van der Waals surface area contributed by atoms with Crippen molar-refractivity contribution in [3.05, 3.63) is 58.1 Å². The summed E-state index contributed by atoms with van der Waals surface area (Å²) in [6, 6.07) is 10.3. The van der Waals surface area contributed by atoms with E-state index in [1.807, 2.05) is 58.0 Å². The number of nitrogens with one attached hydrogen (secondary N) is 1. The Balaban J connectivity index is 1.99. The average Bonchev–Trinajstić information content (AvgIpc) is 2.99. The number of rotatable bonds is 16. The summed E-state index contributed by atoms with van der Waals surface area (Å²) in [6.45, 7) is 12.1. The van der Waals surface area contributed by atoms with Crippen LogP contribution in [0.4, 0.5) is 4.79 Å². The summed E-state index contributed by atoms with van der Waals surface area (Å²) in [7, 11) is 1.30. The van der Waals surface area contributed by atoms with Crippen LogP contribution in [0, 0.1) is 0 Å². The quantitative estimate of drug-likeness (QED) is 0.169. The van der Waals surface area contributed by atoms with Gasteiger partial charge in [0.25, 0.3) is 0 Å². The molecule has 3 rings (SSSR count). The largest absolute Gasteiger partial charge is 0.493 e. The molecule has 0 bridgehead atoms. The summed E-state index contributed by atoms with van der Waals surface area (Å²) in [4.78, 5) is 41.1. The molecule has 0 heterocycles. The van der Waals surface area contributed by atoms with Crippen LogP contribution in [0.25, 0.3) is 0 Å². The fraction of sp³-hybridized carbons (Fsp3) is 0.545. The zero-order valence-electron chi connectivity index (χ0n) is 26.7. The molecule has 0 spiro atoms. The van der Waals surface area contributed by atoms with E-state index in [4.69, 9.17) is 35.3 Å². The maximum atomic E-state index is 14.1. The van der Waals surface area contributed by atoms with Crippen LogP contribution >= 0.6 is 11.6 Å². The predicted octanol–water partition coefficient (Wildman–Crippen LogP) is 6.30. The zero-order valence-corrected chi connectivity index (χ0v) is 27.5. The third-order valence-corrected chi connectivity index (χ3v) is 8.17. The van der Waals surface area contributed by atoms with Crippen molar-refractivity contribution >= 4 is 29.4 Å². The summed E-state index contributed by atoms with van der Waals surface area (Å²) in [5.74, 6) is -0.281. The van der Waals surface area contributed by atoms with Gasteiger partial charge in [0.05, 0.1) is 50.2 Å². The number of Topliss-reactive ketones (excluding diaryl/α,β-unsaturated/α-hetero) is 1. The first-order valence-corrected chi connectivity index (χ1v) is 15.5. The van der Waals surface area contributed by atoms with Crippen molar-refractivity contribution in [2.75, 3.05) is 40.1 Å². The van der Waals surface area contributed by atoms with Crippen LogP contribution in [0.5, 0.6) is 11.5 Å². The predicted molar refractivity (Wildman–Crippen MR) is 168 cm³/mol. The Morgan fingerprint density at radius 1 is 1.05 bits per heavy atom. The van der Waals surface area contributed by atoms with Gasteiger partial charge in [-0.1, -0.05) is 41.9 Å². The minimum atomic E-state index is -1.23. The minimum Gasteiger partial charge on any atom is -0.493 e. The number of benzene rings is 2. The van der Waals surface area contributed by atoms with Gasteiger partial charge in [-0.05, 0) is 53.2 Å². The number of carbonyl (C=O) groups excluding carboxylic acids is 3. The first kappa shape index (κ1) is 35.1. The molecular weight excluding hydrogens is 588 g/mol. The molecule has 2 atom stereocenters. The van der Waals surface area contributed by atoms with Crippen molar-refractivity contribution in [2.24, 2.45) is 0 Å². The molecule has 2 amide bonds. The van der Waals surface area contributed by atoms with Crippen molar-refractivity contribution in [3.63, 3.8) is 0 Å². The zero-order chi connectivity index (χ0) is 32.4. The number of hydrogen-bond acceptors (Lipinski definition) is 8. The lowest BCUT2D eigenvalue weighted by molar-refractivity contribution is -0.160. The Bertz CT molecular complexity index is 1280. The highest BCUT2D eigenvalue weighted by atomic mass is 35.5. The van der Waals surface area contributed by atoms with Gasteiger partial charge in [-0.25, -0.2) is 9.59 Å². The molecule has 0 aromatic heterocycles. The standard InChI is InChI=1S/C33H45ClN2O8/c1-8-41-25-19-33(20-25,31(38)40-7)35-32(39)36(16-17-44-23(6)24-14-12-11-13-15-24)21(4)26-18-27(42-9-2)28(22(5)37)30(29(26)34)43-10-3/h11-15,18,21,23,25H,8-10,16-17,19-20H2,1-7H3,(H,35,39)/t21?,23-,25?,33?/m0/s1. The SMILES string of the molecule is CCOc1cc(C(C)N(CCO[C@@H](C)c2ccccc2)C(=O)NC2(C(=O)OC)CC(OCC)C2)c(Cl)c(OCC)c1C(C)=O. The maximum absolute atomic E-state index is 14.1. The average molecular weight is 633 g/mol. The molecule has 11 heteroatoms. The van der Waals surface area contributed by atoms with E-state index in [9.17, 15) is 14.4 Å². The molecule has 1 saturated carbocycles. The molecule has 1 aliphatic rings. The Hall–Kier alpha value is -3.34. The van der Waals surface area contributed by atoms with Gasteiger partial charge in [0.1, 0.15) is 16.9 Å². The molecule has 0 radical (unpaired) electrons. The fourth-order valence-corrected chi connectivity index (χ4v) is 5.83. The summed E-state index contributed by atoms with van der Waals surface area (Å²) < 4.78 is 28.6. The van der Waals surface area contributed by atoms with Crippen LogP contribution in [-0.4, -0.2) is 74.4 Å². The smallest absolute Gasteiger partial charge is 0.331 e. The van der Waals surface area contributed by atoms with E-state index in [2.05, 4.69) is 5.32 Å². The molecule has 0 aliphatic heterocycles. The summed E-state index contributed by atoms with van der Waals surface area (Å²) in [5, 5.41) is 3.14. The molecular formula is C33H45ClN2O8. The second-order valence-electron chi connectivity index (χ2n) is 10.7. The topological polar surface area (TPSA) is 113 Å². The molecule has 242 valence electrons. The molecule has 0 saturated heterocycles.